The van der Waals surface area contributed by atoms with Gasteiger partial charge in [-0.25, -0.2) is 0 Å². The first-order valence-corrected chi connectivity index (χ1v) is 8.52. The van der Waals surface area contributed by atoms with E-state index in [0.717, 1.165) is 11.8 Å². The normalized spacial score (nSPS) is 17.5. The number of thioether (sulfide) groups is 1. The summed E-state index contributed by atoms with van der Waals surface area (Å²) in [6, 6.07) is 3.27. The van der Waals surface area contributed by atoms with Gasteiger partial charge in [0.25, 0.3) is 11.1 Å². The molecule has 0 bridgehead atoms. The van der Waals surface area contributed by atoms with Crippen molar-refractivity contribution < 1.29 is 19.4 Å². The molecule has 0 aromatic heterocycles. The summed E-state index contributed by atoms with van der Waals surface area (Å²) in [5.74, 6) is 0.0978. The van der Waals surface area contributed by atoms with Crippen molar-refractivity contribution in [3.63, 3.8) is 0 Å². The molecule has 1 aromatic rings. The Balaban J connectivity index is 2.41. The summed E-state index contributed by atoms with van der Waals surface area (Å²) in [7, 11) is 1.47. The van der Waals surface area contributed by atoms with Gasteiger partial charge in [-0.1, -0.05) is 13.0 Å². The summed E-state index contributed by atoms with van der Waals surface area (Å²) in [5.41, 5.74) is 1.34. The molecule has 1 aliphatic rings. The number of phenols is 1. The Hall–Kier alpha value is -2.21. The van der Waals surface area contributed by atoms with E-state index in [1.165, 1.54) is 12.0 Å². The summed E-state index contributed by atoms with van der Waals surface area (Å²) in [6.07, 6.45) is 4.51. The van der Waals surface area contributed by atoms with E-state index in [1.807, 2.05) is 13.8 Å². The van der Waals surface area contributed by atoms with Crippen LogP contribution in [-0.4, -0.2) is 34.3 Å². The highest BCUT2D eigenvalue weighted by molar-refractivity contribution is 8.18. The summed E-state index contributed by atoms with van der Waals surface area (Å²) in [5, 5.41) is 9.87. The molecule has 1 aromatic carbocycles. The van der Waals surface area contributed by atoms with Gasteiger partial charge in [-0.05, 0) is 55.3 Å². The second kappa shape index (κ2) is 7.57. The molecule has 6 heteroatoms. The predicted octanol–water partition coefficient (Wildman–Crippen LogP) is 3.96. The molecule has 2 amide bonds. The van der Waals surface area contributed by atoms with Crippen LogP contribution in [0.15, 0.2) is 29.7 Å². The van der Waals surface area contributed by atoms with Crippen LogP contribution in [0.2, 0.25) is 0 Å². The van der Waals surface area contributed by atoms with Crippen LogP contribution in [-0.2, 0) is 11.2 Å². The van der Waals surface area contributed by atoms with Gasteiger partial charge in [-0.3, -0.25) is 14.5 Å². The fraction of sp³-hybridized carbons (Fsp3) is 0.333. The third kappa shape index (κ3) is 3.48. The zero-order valence-electron chi connectivity index (χ0n) is 14.0. The molecule has 1 saturated heterocycles. The molecule has 1 N–H and O–H groups in total. The van der Waals surface area contributed by atoms with Crippen LogP contribution in [0.3, 0.4) is 0 Å². The molecule has 0 radical (unpaired) electrons. The van der Waals surface area contributed by atoms with Gasteiger partial charge in [-0.2, -0.15) is 0 Å². The Bertz CT molecular complexity index is 711. The number of benzene rings is 1. The standard InChI is InChI=1S/C18H21NO4S/c1-5-7-13-8-12(9-14(23-4)16(13)20)10-15-17(21)19(11(3)6-2)18(22)24-15/h5,8-11,20H,1,6-7H2,2-4H3/b15-10+. The van der Waals surface area contributed by atoms with Gasteiger partial charge in [0.1, 0.15) is 0 Å². The van der Waals surface area contributed by atoms with Gasteiger partial charge in [0.2, 0.25) is 0 Å². The van der Waals surface area contributed by atoms with Crippen molar-refractivity contribution in [2.24, 2.45) is 0 Å². The van der Waals surface area contributed by atoms with E-state index in [4.69, 9.17) is 4.74 Å². The van der Waals surface area contributed by atoms with Crippen LogP contribution >= 0.6 is 11.8 Å². The second-order valence-corrected chi connectivity index (χ2v) is 6.53. The third-order valence-corrected chi connectivity index (χ3v) is 4.80. The van der Waals surface area contributed by atoms with E-state index >= 15 is 0 Å². The fourth-order valence-electron chi connectivity index (χ4n) is 2.43. The van der Waals surface area contributed by atoms with E-state index in [-0.39, 0.29) is 22.9 Å². The Morgan fingerprint density at radius 1 is 1.42 bits per heavy atom. The van der Waals surface area contributed by atoms with E-state index in [1.54, 1.807) is 24.3 Å². The van der Waals surface area contributed by atoms with E-state index in [9.17, 15) is 14.7 Å². The van der Waals surface area contributed by atoms with Crippen molar-refractivity contribution in [1.82, 2.24) is 4.90 Å². The topological polar surface area (TPSA) is 66.8 Å². The minimum Gasteiger partial charge on any atom is -0.504 e. The molecule has 24 heavy (non-hydrogen) atoms. The number of rotatable bonds is 6. The van der Waals surface area contributed by atoms with Crippen LogP contribution in [0.5, 0.6) is 11.5 Å². The molecule has 5 nitrogen and oxygen atoms in total. The molecule has 0 aliphatic carbocycles. The fourth-order valence-corrected chi connectivity index (χ4v) is 3.36. The maximum Gasteiger partial charge on any atom is 0.293 e. The van der Waals surface area contributed by atoms with Crippen molar-refractivity contribution in [2.45, 2.75) is 32.7 Å². The van der Waals surface area contributed by atoms with Crippen molar-refractivity contribution in [3.05, 3.63) is 40.8 Å². The zero-order valence-corrected chi connectivity index (χ0v) is 14.9. The molecule has 0 spiro atoms. The van der Waals surface area contributed by atoms with Gasteiger partial charge in [0, 0.05) is 11.6 Å². The lowest BCUT2D eigenvalue weighted by molar-refractivity contribution is -0.124. The zero-order chi connectivity index (χ0) is 17.9. The van der Waals surface area contributed by atoms with E-state index in [2.05, 4.69) is 6.58 Å². The number of methoxy groups -OCH3 is 1. The average Bonchev–Trinajstić information content (AvgIpc) is 2.83. The summed E-state index contributed by atoms with van der Waals surface area (Å²) >= 11 is 0.932. The quantitative estimate of drug-likeness (QED) is 0.623. The summed E-state index contributed by atoms with van der Waals surface area (Å²) in [4.78, 5) is 26.2. The Kier molecular flexibility index (Phi) is 5.72. The summed E-state index contributed by atoms with van der Waals surface area (Å²) < 4.78 is 5.18. The number of nitrogens with zero attached hydrogens (tertiary/aromatic N) is 1. The highest BCUT2D eigenvalue weighted by Gasteiger charge is 2.37. The first-order chi connectivity index (χ1) is 11.4. The Morgan fingerprint density at radius 2 is 2.12 bits per heavy atom. The monoisotopic (exact) mass is 347 g/mol. The van der Waals surface area contributed by atoms with Crippen LogP contribution < -0.4 is 4.74 Å². The molecule has 1 fully saturated rings. The third-order valence-electron chi connectivity index (χ3n) is 3.91. The van der Waals surface area contributed by atoms with Gasteiger partial charge in [0.15, 0.2) is 11.5 Å². The van der Waals surface area contributed by atoms with Crippen molar-refractivity contribution in [1.29, 1.82) is 0 Å². The highest BCUT2D eigenvalue weighted by Crippen LogP contribution is 2.37. The van der Waals surface area contributed by atoms with Crippen LogP contribution in [0, 0.1) is 0 Å². The number of amides is 2. The Morgan fingerprint density at radius 3 is 2.71 bits per heavy atom. The van der Waals surface area contributed by atoms with Crippen molar-refractivity contribution in [3.8, 4) is 11.5 Å². The number of imide groups is 1. The lowest BCUT2D eigenvalue weighted by Gasteiger charge is -2.19. The molecule has 128 valence electrons. The average molecular weight is 347 g/mol. The molecule has 1 aliphatic heterocycles. The molecule has 1 heterocycles. The minimum atomic E-state index is -0.281. The first-order valence-electron chi connectivity index (χ1n) is 7.70. The van der Waals surface area contributed by atoms with Crippen molar-refractivity contribution >= 4 is 29.0 Å². The van der Waals surface area contributed by atoms with Gasteiger partial charge in [-0.15, -0.1) is 6.58 Å². The van der Waals surface area contributed by atoms with E-state index < -0.39 is 0 Å². The highest BCUT2D eigenvalue weighted by atomic mass is 32.2. The smallest absolute Gasteiger partial charge is 0.293 e. The minimum absolute atomic E-state index is 0.0576. The van der Waals surface area contributed by atoms with Crippen LogP contribution in [0.1, 0.15) is 31.4 Å². The molecular weight excluding hydrogens is 326 g/mol. The molecule has 1 unspecified atom stereocenters. The predicted molar refractivity (Wildman–Crippen MR) is 96.1 cm³/mol. The van der Waals surface area contributed by atoms with Gasteiger partial charge in [0.05, 0.1) is 12.0 Å². The Labute approximate surface area is 146 Å². The van der Waals surface area contributed by atoms with Crippen LogP contribution in [0.4, 0.5) is 4.79 Å². The second-order valence-electron chi connectivity index (χ2n) is 5.53. The summed E-state index contributed by atoms with van der Waals surface area (Å²) in [6.45, 7) is 7.46. The molecular formula is C18H21NO4S. The maximum atomic E-state index is 12.5. The number of phenolic OH excluding ortho intramolecular Hbond substituents is 1. The van der Waals surface area contributed by atoms with Gasteiger partial charge >= 0.3 is 0 Å². The maximum absolute atomic E-state index is 12.5. The number of hydrogen-bond donors (Lipinski definition) is 1. The lowest BCUT2D eigenvalue weighted by atomic mass is 10.0. The van der Waals surface area contributed by atoms with Crippen molar-refractivity contribution in [2.75, 3.05) is 7.11 Å². The molecule has 0 saturated carbocycles. The number of carbonyl (C=O) groups excluding carboxylic acids is 2. The van der Waals surface area contributed by atoms with E-state index in [0.29, 0.717) is 34.6 Å². The SMILES string of the molecule is C=CCc1cc(/C=C2/SC(=O)N(C(C)CC)C2=O)cc(OC)c1O. The van der Waals surface area contributed by atoms with Crippen LogP contribution in [0.25, 0.3) is 6.08 Å². The van der Waals surface area contributed by atoms with Gasteiger partial charge < -0.3 is 9.84 Å². The lowest BCUT2D eigenvalue weighted by Crippen LogP contribution is -2.36. The number of aromatic hydroxyl groups is 1. The number of ether oxygens (including phenoxy) is 1. The number of allylic oxidation sites excluding steroid dienone is 1. The molecule has 1 atom stereocenters. The first kappa shape index (κ1) is 18.1. The number of carbonyl (C=O) groups is 2. The largest absolute Gasteiger partial charge is 0.504 e. The number of hydrogen-bond acceptors (Lipinski definition) is 5. The molecule has 2 rings (SSSR count).